The zero-order valence-electron chi connectivity index (χ0n) is 7.81. The molecule has 0 fully saturated rings. The molecule has 1 heterocycles. The Hall–Kier alpha value is -1.85. The van der Waals surface area contributed by atoms with Gasteiger partial charge in [-0.05, 0) is 6.92 Å². The van der Waals surface area contributed by atoms with Crippen molar-refractivity contribution < 1.29 is 9.53 Å². The van der Waals surface area contributed by atoms with Crippen molar-refractivity contribution in [2.75, 3.05) is 7.11 Å². The number of H-pyrrole nitrogens is 1. The van der Waals surface area contributed by atoms with E-state index in [1.165, 1.54) is 26.3 Å². The van der Waals surface area contributed by atoms with Gasteiger partial charge >= 0.3 is 11.7 Å². The number of carbonyl (C=O) groups is 1. The third-order valence-electron chi connectivity index (χ3n) is 1.81. The quantitative estimate of drug-likeness (QED) is 0.635. The van der Waals surface area contributed by atoms with E-state index in [1.807, 2.05) is 4.98 Å². The number of carbonyl (C=O) groups excluding carboxylic acids is 1. The van der Waals surface area contributed by atoms with Crippen molar-refractivity contribution in [2.45, 2.75) is 13.0 Å². The first-order chi connectivity index (χ1) is 6.56. The summed E-state index contributed by atoms with van der Waals surface area (Å²) in [6, 6.07) is 0.422. The van der Waals surface area contributed by atoms with Crippen LogP contribution in [0, 0.1) is 0 Å². The lowest BCUT2D eigenvalue weighted by molar-refractivity contribution is -0.144. The van der Waals surface area contributed by atoms with E-state index in [0.717, 1.165) is 4.57 Å². The summed E-state index contributed by atoms with van der Waals surface area (Å²) >= 11 is 0. The molecule has 0 amide bonds. The minimum atomic E-state index is -0.746. The van der Waals surface area contributed by atoms with E-state index in [2.05, 4.69) is 4.74 Å². The monoisotopic (exact) mass is 198 g/mol. The van der Waals surface area contributed by atoms with Crippen molar-refractivity contribution in [3.05, 3.63) is 33.1 Å². The van der Waals surface area contributed by atoms with Crippen LogP contribution in [0.3, 0.4) is 0 Å². The molecule has 76 valence electrons. The van der Waals surface area contributed by atoms with E-state index in [1.54, 1.807) is 0 Å². The molecular weight excluding hydrogens is 188 g/mol. The molecule has 0 spiro atoms. The second-order valence-corrected chi connectivity index (χ2v) is 2.72. The highest BCUT2D eigenvalue weighted by Crippen LogP contribution is 2.01. The first-order valence-electron chi connectivity index (χ1n) is 3.95. The smallest absolute Gasteiger partial charge is 0.329 e. The summed E-state index contributed by atoms with van der Waals surface area (Å²) in [6.07, 6.45) is 1.25. The first kappa shape index (κ1) is 10.2. The Kier molecular flexibility index (Phi) is 2.85. The average Bonchev–Trinajstić information content (AvgIpc) is 2.15. The second-order valence-electron chi connectivity index (χ2n) is 2.72. The lowest BCUT2D eigenvalue weighted by atomic mass is 10.3. The normalized spacial score (nSPS) is 12.1. The molecule has 0 unspecified atom stereocenters. The van der Waals surface area contributed by atoms with Gasteiger partial charge in [-0.2, -0.15) is 0 Å². The molecule has 1 N–H and O–H groups in total. The molecule has 1 atom stereocenters. The van der Waals surface area contributed by atoms with Crippen LogP contribution in [-0.2, 0) is 9.53 Å². The van der Waals surface area contributed by atoms with Crippen LogP contribution in [0.2, 0.25) is 0 Å². The third-order valence-corrected chi connectivity index (χ3v) is 1.81. The van der Waals surface area contributed by atoms with Crippen LogP contribution in [0.1, 0.15) is 13.0 Å². The van der Waals surface area contributed by atoms with Gasteiger partial charge in [-0.15, -0.1) is 0 Å². The molecule has 1 aromatic heterocycles. The predicted octanol–water partition coefficient (Wildman–Crippen LogP) is -0.729. The van der Waals surface area contributed by atoms with Crippen molar-refractivity contribution in [1.82, 2.24) is 9.55 Å². The minimum Gasteiger partial charge on any atom is -0.467 e. The number of rotatable bonds is 2. The van der Waals surface area contributed by atoms with Crippen molar-refractivity contribution in [3.63, 3.8) is 0 Å². The highest BCUT2D eigenvalue weighted by Gasteiger charge is 2.15. The topological polar surface area (TPSA) is 81.2 Å². The Bertz CT molecular complexity index is 445. The van der Waals surface area contributed by atoms with E-state index in [9.17, 15) is 14.4 Å². The van der Waals surface area contributed by atoms with Gasteiger partial charge in [0.05, 0.1) is 7.11 Å². The molecule has 0 aliphatic carbocycles. The first-order valence-corrected chi connectivity index (χ1v) is 3.95. The maximum Gasteiger partial charge on any atom is 0.329 e. The summed E-state index contributed by atoms with van der Waals surface area (Å²) in [5, 5.41) is 0. The molecular formula is C8H10N2O4. The van der Waals surface area contributed by atoms with Crippen LogP contribution in [0.5, 0.6) is 0 Å². The van der Waals surface area contributed by atoms with Gasteiger partial charge in [-0.25, -0.2) is 9.59 Å². The molecule has 0 aromatic carbocycles. The van der Waals surface area contributed by atoms with Crippen LogP contribution in [-0.4, -0.2) is 22.6 Å². The molecule has 0 aliphatic rings. The summed E-state index contributed by atoms with van der Waals surface area (Å²) in [6.45, 7) is 1.51. The zero-order valence-corrected chi connectivity index (χ0v) is 7.81. The second kappa shape index (κ2) is 3.91. The Labute approximate surface area is 79.1 Å². The average molecular weight is 198 g/mol. The fraction of sp³-hybridized carbons (Fsp3) is 0.375. The Morgan fingerprint density at radius 2 is 2.21 bits per heavy atom. The molecule has 0 radical (unpaired) electrons. The van der Waals surface area contributed by atoms with Gasteiger partial charge < -0.3 is 4.74 Å². The zero-order chi connectivity index (χ0) is 10.7. The van der Waals surface area contributed by atoms with Gasteiger partial charge in [-0.3, -0.25) is 14.3 Å². The van der Waals surface area contributed by atoms with Gasteiger partial charge in [0.1, 0.15) is 6.04 Å². The predicted molar refractivity (Wildman–Crippen MR) is 48.0 cm³/mol. The maximum absolute atomic E-state index is 11.2. The molecule has 0 saturated carbocycles. The molecule has 6 nitrogen and oxygen atoms in total. The van der Waals surface area contributed by atoms with E-state index < -0.39 is 23.3 Å². The highest BCUT2D eigenvalue weighted by molar-refractivity contribution is 5.73. The fourth-order valence-electron chi connectivity index (χ4n) is 1.02. The van der Waals surface area contributed by atoms with Gasteiger partial charge in [0.15, 0.2) is 0 Å². The van der Waals surface area contributed by atoms with Crippen LogP contribution in [0.4, 0.5) is 0 Å². The number of hydrogen-bond donors (Lipinski definition) is 1. The Balaban J connectivity index is 3.14. The summed E-state index contributed by atoms with van der Waals surface area (Å²) in [5.41, 5.74) is -1.13. The van der Waals surface area contributed by atoms with Crippen LogP contribution < -0.4 is 11.2 Å². The molecule has 1 rings (SSSR count). The van der Waals surface area contributed by atoms with Crippen molar-refractivity contribution in [3.8, 4) is 0 Å². The Morgan fingerprint density at radius 3 is 2.71 bits per heavy atom. The van der Waals surface area contributed by atoms with E-state index >= 15 is 0 Å². The van der Waals surface area contributed by atoms with E-state index in [-0.39, 0.29) is 0 Å². The van der Waals surface area contributed by atoms with E-state index in [0.29, 0.717) is 0 Å². The van der Waals surface area contributed by atoms with Crippen LogP contribution in [0.15, 0.2) is 21.9 Å². The molecule has 0 bridgehead atoms. The van der Waals surface area contributed by atoms with Crippen molar-refractivity contribution >= 4 is 5.97 Å². The number of methoxy groups -OCH3 is 1. The number of hydrogen-bond acceptors (Lipinski definition) is 4. The van der Waals surface area contributed by atoms with Crippen molar-refractivity contribution in [2.24, 2.45) is 0 Å². The molecule has 1 aromatic rings. The molecule has 14 heavy (non-hydrogen) atoms. The highest BCUT2D eigenvalue weighted by atomic mass is 16.5. The third kappa shape index (κ3) is 1.90. The van der Waals surface area contributed by atoms with E-state index in [4.69, 9.17) is 0 Å². The lowest BCUT2D eigenvalue weighted by Gasteiger charge is -2.10. The summed E-state index contributed by atoms with van der Waals surface area (Å²) in [5.74, 6) is -0.542. The number of esters is 1. The number of ether oxygens (including phenoxy) is 1. The SMILES string of the molecule is COC(=O)[C@H](C)n1ccc(=O)[nH]c1=O. The van der Waals surface area contributed by atoms with Crippen molar-refractivity contribution in [1.29, 1.82) is 0 Å². The Morgan fingerprint density at radius 1 is 1.57 bits per heavy atom. The fourth-order valence-corrected chi connectivity index (χ4v) is 1.02. The summed E-state index contributed by atoms with van der Waals surface area (Å²) in [7, 11) is 1.23. The van der Waals surface area contributed by atoms with Gasteiger partial charge in [-0.1, -0.05) is 0 Å². The molecule has 0 saturated heterocycles. The summed E-state index contributed by atoms with van der Waals surface area (Å²) in [4.78, 5) is 35.0. The summed E-state index contributed by atoms with van der Waals surface area (Å²) < 4.78 is 5.55. The number of nitrogens with one attached hydrogen (secondary N) is 1. The van der Waals surface area contributed by atoms with Crippen LogP contribution in [0.25, 0.3) is 0 Å². The lowest BCUT2D eigenvalue weighted by Crippen LogP contribution is -2.33. The standard InChI is InChI=1S/C8H10N2O4/c1-5(7(12)14-2)10-4-3-6(11)9-8(10)13/h3-5H,1-2H3,(H,9,11,13)/t5-/m0/s1. The molecule has 0 aliphatic heterocycles. The van der Waals surface area contributed by atoms with Gasteiger partial charge in [0.25, 0.3) is 5.56 Å². The minimum absolute atomic E-state index is 0.497. The molecule has 6 heteroatoms. The maximum atomic E-state index is 11.2. The number of aromatic nitrogens is 2. The van der Waals surface area contributed by atoms with Gasteiger partial charge in [0, 0.05) is 12.3 Å². The number of nitrogens with zero attached hydrogens (tertiary/aromatic N) is 1. The van der Waals surface area contributed by atoms with Gasteiger partial charge in [0.2, 0.25) is 0 Å². The largest absolute Gasteiger partial charge is 0.467 e. The number of aromatic amines is 1. The van der Waals surface area contributed by atoms with Crippen LogP contribution >= 0.6 is 0 Å².